The summed E-state index contributed by atoms with van der Waals surface area (Å²) >= 11 is 0. The van der Waals surface area contributed by atoms with E-state index in [0.717, 1.165) is 32.4 Å². The van der Waals surface area contributed by atoms with Gasteiger partial charge in [0, 0.05) is 17.8 Å². The molecule has 1 heterocycles. The zero-order chi connectivity index (χ0) is 13.7. The van der Waals surface area contributed by atoms with Gasteiger partial charge in [-0.15, -0.1) is 0 Å². The van der Waals surface area contributed by atoms with E-state index in [2.05, 4.69) is 28.7 Å². The van der Waals surface area contributed by atoms with Crippen molar-refractivity contribution >= 4 is 0 Å². The van der Waals surface area contributed by atoms with Gasteiger partial charge in [0.1, 0.15) is 0 Å². The fourth-order valence-corrected chi connectivity index (χ4v) is 3.01. The van der Waals surface area contributed by atoms with Crippen LogP contribution in [0.15, 0.2) is 6.33 Å². The average Bonchev–Trinajstić information content (AvgIpc) is 2.83. The zero-order valence-corrected chi connectivity index (χ0v) is 12.3. The third-order valence-corrected chi connectivity index (χ3v) is 4.19. The molecule has 1 atom stereocenters. The SMILES string of the molecule is CCNC(C)(CO)CCCn1cnc2c1CCCC2. The molecule has 1 unspecified atom stereocenters. The second-order valence-electron chi connectivity index (χ2n) is 5.89. The summed E-state index contributed by atoms with van der Waals surface area (Å²) < 4.78 is 2.32. The molecule has 1 aromatic heterocycles. The van der Waals surface area contributed by atoms with Gasteiger partial charge >= 0.3 is 0 Å². The number of likely N-dealkylation sites (N-methyl/N-ethyl adjacent to an activating group) is 1. The number of aryl methyl sites for hydroxylation is 2. The van der Waals surface area contributed by atoms with Crippen molar-refractivity contribution < 1.29 is 5.11 Å². The van der Waals surface area contributed by atoms with Crippen LogP contribution in [0.4, 0.5) is 0 Å². The smallest absolute Gasteiger partial charge is 0.0951 e. The second kappa shape index (κ2) is 6.53. The van der Waals surface area contributed by atoms with E-state index in [0.29, 0.717) is 0 Å². The predicted molar refractivity (Wildman–Crippen MR) is 77.3 cm³/mol. The number of aliphatic hydroxyl groups is 1. The lowest BCUT2D eigenvalue weighted by Gasteiger charge is -2.28. The Morgan fingerprint density at radius 1 is 1.42 bits per heavy atom. The average molecular weight is 265 g/mol. The Labute approximate surface area is 116 Å². The van der Waals surface area contributed by atoms with Crippen molar-refractivity contribution in [3.8, 4) is 0 Å². The van der Waals surface area contributed by atoms with Gasteiger partial charge in [0.25, 0.3) is 0 Å². The highest BCUT2D eigenvalue weighted by molar-refractivity contribution is 5.16. The van der Waals surface area contributed by atoms with Crippen LogP contribution >= 0.6 is 0 Å². The number of hydrogen-bond acceptors (Lipinski definition) is 3. The van der Waals surface area contributed by atoms with Gasteiger partial charge in [0.2, 0.25) is 0 Å². The second-order valence-corrected chi connectivity index (χ2v) is 5.89. The van der Waals surface area contributed by atoms with E-state index in [1.165, 1.54) is 30.7 Å². The molecule has 0 bridgehead atoms. The molecule has 4 heteroatoms. The molecule has 1 aromatic rings. The van der Waals surface area contributed by atoms with E-state index in [1.807, 2.05) is 6.33 Å². The predicted octanol–water partition coefficient (Wildman–Crippen LogP) is 1.90. The number of aliphatic hydroxyl groups excluding tert-OH is 1. The molecule has 0 radical (unpaired) electrons. The molecular formula is C15H27N3O. The van der Waals surface area contributed by atoms with Crippen molar-refractivity contribution in [1.29, 1.82) is 0 Å². The molecule has 0 aromatic carbocycles. The fraction of sp³-hybridized carbons (Fsp3) is 0.800. The minimum Gasteiger partial charge on any atom is -0.394 e. The summed E-state index contributed by atoms with van der Waals surface area (Å²) in [5.74, 6) is 0. The first kappa shape index (κ1) is 14.5. The topological polar surface area (TPSA) is 50.1 Å². The summed E-state index contributed by atoms with van der Waals surface area (Å²) in [6, 6.07) is 0. The first-order chi connectivity index (χ1) is 9.18. The minimum absolute atomic E-state index is 0.143. The number of imidazole rings is 1. The van der Waals surface area contributed by atoms with E-state index < -0.39 is 0 Å². The Morgan fingerprint density at radius 2 is 2.21 bits per heavy atom. The molecule has 2 rings (SSSR count). The molecule has 2 N–H and O–H groups in total. The molecule has 0 fully saturated rings. The first-order valence-electron chi connectivity index (χ1n) is 7.57. The van der Waals surface area contributed by atoms with Gasteiger partial charge in [-0.1, -0.05) is 6.92 Å². The number of rotatable bonds is 7. The lowest BCUT2D eigenvalue weighted by atomic mass is 9.96. The van der Waals surface area contributed by atoms with E-state index >= 15 is 0 Å². The molecule has 0 spiro atoms. The van der Waals surface area contributed by atoms with Crippen LogP contribution in [0, 0.1) is 0 Å². The normalized spacial score (nSPS) is 18.1. The lowest BCUT2D eigenvalue weighted by Crippen LogP contribution is -2.45. The third-order valence-electron chi connectivity index (χ3n) is 4.19. The van der Waals surface area contributed by atoms with Gasteiger partial charge in [0.05, 0.1) is 18.6 Å². The van der Waals surface area contributed by atoms with Crippen molar-refractivity contribution in [3.05, 3.63) is 17.7 Å². The monoisotopic (exact) mass is 265 g/mol. The molecule has 108 valence electrons. The Morgan fingerprint density at radius 3 is 2.95 bits per heavy atom. The van der Waals surface area contributed by atoms with Gasteiger partial charge in [-0.2, -0.15) is 0 Å². The van der Waals surface area contributed by atoms with E-state index in [9.17, 15) is 5.11 Å². The summed E-state index contributed by atoms with van der Waals surface area (Å²) in [6.07, 6.45) is 8.97. The number of aromatic nitrogens is 2. The summed E-state index contributed by atoms with van der Waals surface area (Å²) in [7, 11) is 0. The quantitative estimate of drug-likeness (QED) is 0.791. The van der Waals surface area contributed by atoms with Crippen LogP contribution in [0.1, 0.15) is 50.9 Å². The molecule has 1 aliphatic carbocycles. The molecule has 0 aliphatic heterocycles. The van der Waals surface area contributed by atoms with Gasteiger partial charge in [-0.05, 0) is 52.0 Å². The van der Waals surface area contributed by atoms with Crippen molar-refractivity contribution in [3.63, 3.8) is 0 Å². The van der Waals surface area contributed by atoms with Crippen LogP contribution in [-0.2, 0) is 19.4 Å². The summed E-state index contributed by atoms with van der Waals surface area (Å²) in [5.41, 5.74) is 2.61. The molecular weight excluding hydrogens is 238 g/mol. The van der Waals surface area contributed by atoms with Crippen molar-refractivity contribution in [1.82, 2.24) is 14.9 Å². The first-order valence-corrected chi connectivity index (χ1v) is 7.57. The summed E-state index contributed by atoms with van der Waals surface area (Å²) in [6.45, 7) is 6.30. The number of hydrogen-bond donors (Lipinski definition) is 2. The van der Waals surface area contributed by atoms with Gasteiger partial charge in [-0.3, -0.25) is 0 Å². The summed E-state index contributed by atoms with van der Waals surface area (Å²) in [4.78, 5) is 4.53. The Bertz CT molecular complexity index is 402. The van der Waals surface area contributed by atoms with Gasteiger partial charge < -0.3 is 15.0 Å². The zero-order valence-electron chi connectivity index (χ0n) is 12.3. The van der Waals surface area contributed by atoms with Crippen molar-refractivity contribution in [2.45, 2.75) is 64.5 Å². The van der Waals surface area contributed by atoms with Crippen molar-refractivity contribution in [2.75, 3.05) is 13.2 Å². The third kappa shape index (κ3) is 3.57. The van der Waals surface area contributed by atoms with Gasteiger partial charge in [0.15, 0.2) is 0 Å². The van der Waals surface area contributed by atoms with Crippen LogP contribution < -0.4 is 5.32 Å². The lowest BCUT2D eigenvalue weighted by molar-refractivity contribution is 0.164. The minimum atomic E-state index is -0.143. The van der Waals surface area contributed by atoms with Crippen LogP contribution in [0.2, 0.25) is 0 Å². The maximum absolute atomic E-state index is 9.48. The molecule has 19 heavy (non-hydrogen) atoms. The standard InChI is InChI=1S/C15H27N3O/c1-3-17-15(2,11-19)9-6-10-18-12-16-13-7-4-5-8-14(13)18/h12,17,19H,3-11H2,1-2H3. The highest BCUT2D eigenvalue weighted by Crippen LogP contribution is 2.21. The summed E-state index contributed by atoms with van der Waals surface area (Å²) in [5, 5.41) is 12.9. The fourth-order valence-electron chi connectivity index (χ4n) is 3.01. The van der Waals surface area contributed by atoms with Crippen LogP contribution in [0.5, 0.6) is 0 Å². The maximum atomic E-state index is 9.48. The van der Waals surface area contributed by atoms with Crippen molar-refractivity contribution in [2.24, 2.45) is 0 Å². The Hall–Kier alpha value is -0.870. The Kier molecular flexibility index (Phi) is 4.99. The highest BCUT2D eigenvalue weighted by atomic mass is 16.3. The van der Waals surface area contributed by atoms with E-state index in [-0.39, 0.29) is 12.1 Å². The molecule has 0 saturated heterocycles. The maximum Gasteiger partial charge on any atom is 0.0951 e. The van der Waals surface area contributed by atoms with Crippen LogP contribution in [0.25, 0.3) is 0 Å². The van der Waals surface area contributed by atoms with Gasteiger partial charge in [-0.25, -0.2) is 4.98 Å². The molecule has 1 aliphatic rings. The molecule has 0 saturated carbocycles. The van der Waals surface area contributed by atoms with Crippen LogP contribution in [0.3, 0.4) is 0 Å². The number of nitrogens with one attached hydrogen (secondary N) is 1. The largest absolute Gasteiger partial charge is 0.394 e. The number of fused-ring (bicyclic) bond motifs is 1. The molecule has 0 amide bonds. The highest BCUT2D eigenvalue weighted by Gasteiger charge is 2.21. The number of nitrogens with zero attached hydrogens (tertiary/aromatic N) is 2. The van der Waals surface area contributed by atoms with E-state index in [1.54, 1.807) is 0 Å². The van der Waals surface area contributed by atoms with Crippen LogP contribution in [-0.4, -0.2) is 33.3 Å². The Balaban J connectivity index is 1.87. The van der Waals surface area contributed by atoms with E-state index in [4.69, 9.17) is 0 Å². The molecule has 4 nitrogen and oxygen atoms in total.